The molecule has 0 spiro atoms. The van der Waals surface area contributed by atoms with E-state index in [2.05, 4.69) is 20.4 Å². The van der Waals surface area contributed by atoms with Crippen molar-refractivity contribution < 1.29 is 9.84 Å². The smallest absolute Gasteiger partial charge is 0.155 e. The highest BCUT2D eigenvalue weighted by atomic mass is 16.5. The minimum atomic E-state index is -0.0279. The van der Waals surface area contributed by atoms with E-state index in [9.17, 15) is 5.11 Å². The second kappa shape index (κ2) is 9.42. The molecule has 0 unspecified atom stereocenters. The lowest BCUT2D eigenvalue weighted by Gasteiger charge is -2.10. The third-order valence-electron chi connectivity index (χ3n) is 5.64. The van der Waals surface area contributed by atoms with E-state index in [1.54, 1.807) is 11.6 Å². The molecule has 34 heavy (non-hydrogen) atoms. The normalized spacial score (nSPS) is 11.3. The number of nitrogens with one attached hydrogen (secondary N) is 2. The number of aryl methyl sites for hydroxylation is 1. The van der Waals surface area contributed by atoms with E-state index in [-0.39, 0.29) is 6.61 Å². The first-order valence-electron chi connectivity index (χ1n) is 10.9. The van der Waals surface area contributed by atoms with Crippen molar-refractivity contribution in [3.63, 3.8) is 0 Å². The van der Waals surface area contributed by atoms with E-state index in [0.29, 0.717) is 13.1 Å². The van der Waals surface area contributed by atoms with Gasteiger partial charge in [0, 0.05) is 24.0 Å². The second-order valence-electron chi connectivity index (χ2n) is 7.95. The average molecular weight is 456 g/mol. The van der Waals surface area contributed by atoms with Crippen LogP contribution in [0.15, 0.2) is 61.1 Å². The molecule has 9 nitrogen and oxygen atoms in total. The highest BCUT2D eigenvalue weighted by molar-refractivity contribution is 5.77. The van der Waals surface area contributed by atoms with Crippen molar-refractivity contribution in [3.8, 4) is 28.4 Å². The number of benzene rings is 1. The number of rotatable bonds is 8. The summed E-state index contributed by atoms with van der Waals surface area (Å²) < 4.78 is 7.05. The lowest BCUT2D eigenvalue weighted by molar-refractivity contribution is 0.280. The quantitative estimate of drug-likeness (QED) is 0.329. The maximum atomic E-state index is 9.67. The van der Waals surface area contributed by atoms with E-state index in [0.717, 1.165) is 56.7 Å². The van der Waals surface area contributed by atoms with Crippen LogP contribution in [0.2, 0.25) is 0 Å². The zero-order valence-corrected chi connectivity index (χ0v) is 19.0. The highest BCUT2D eigenvalue weighted by Crippen LogP contribution is 2.29. The minimum Gasteiger partial charge on any atom is -0.497 e. The number of pyridine rings is 2. The SMILES string of the molecule is COc1ccc(CO)c(CNCc2nc(-c3ccc4ncnn4c3)c(-c3cccc(C)n3)[nH]2)c1. The van der Waals surface area contributed by atoms with Gasteiger partial charge in [0.2, 0.25) is 0 Å². The third-order valence-corrected chi connectivity index (χ3v) is 5.64. The molecule has 4 heterocycles. The molecule has 0 fully saturated rings. The topological polar surface area (TPSA) is 113 Å². The van der Waals surface area contributed by atoms with Crippen LogP contribution >= 0.6 is 0 Å². The number of aliphatic hydroxyl groups is 1. The molecular weight excluding hydrogens is 430 g/mol. The molecule has 5 aromatic rings. The van der Waals surface area contributed by atoms with Crippen molar-refractivity contribution in [1.82, 2.24) is 34.9 Å². The summed E-state index contributed by atoms with van der Waals surface area (Å²) in [5, 5.41) is 17.3. The number of fused-ring (bicyclic) bond motifs is 1. The van der Waals surface area contributed by atoms with Crippen LogP contribution in [0.25, 0.3) is 28.3 Å². The summed E-state index contributed by atoms with van der Waals surface area (Å²) >= 11 is 0. The van der Waals surface area contributed by atoms with E-state index in [4.69, 9.17) is 14.7 Å². The lowest BCUT2D eigenvalue weighted by atomic mass is 10.1. The van der Waals surface area contributed by atoms with Crippen LogP contribution in [0.1, 0.15) is 22.6 Å². The fourth-order valence-corrected chi connectivity index (χ4v) is 3.90. The number of H-pyrrole nitrogens is 1. The summed E-state index contributed by atoms with van der Waals surface area (Å²) in [4.78, 5) is 17.3. The summed E-state index contributed by atoms with van der Waals surface area (Å²) in [6.07, 6.45) is 3.44. The summed E-state index contributed by atoms with van der Waals surface area (Å²) in [5.74, 6) is 1.53. The standard InChI is InChI=1S/C25H25N7O2/c1-16-4-3-5-21(29-16)25-24(17-7-9-23-27-15-28-32(23)13-17)30-22(31-25)12-26-11-19-10-20(34-2)8-6-18(19)14-33/h3-10,13,15,26,33H,11-12,14H2,1-2H3,(H,30,31). The van der Waals surface area contributed by atoms with E-state index < -0.39 is 0 Å². The number of hydrogen-bond donors (Lipinski definition) is 3. The van der Waals surface area contributed by atoms with Gasteiger partial charge in [0.1, 0.15) is 17.9 Å². The van der Waals surface area contributed by atoms with E-state index in [1.165, 1.54) is 6.33 Å². The molecule has 5 rings (SSSR count). The first-order valence-corrected chi connectivity index (χ1v) is 10.9. The van der Waals surface area contributed by atoms with Crippen LogP contribution in [-0.2, 0) is 19.7 Å². The molecule has 0 saturated carbocycles. The Morgan fingerprint density at radius 2 is 1.97 bits per heavy atom. The van der Waals surface area contributed by atoms with E-state index in [1.807, 2.05) is 61.7 Å². The second-order valence-corrected chi connectivity index (χ2v) is 7.95. The maximum Gasteiger partial charge on any atom is 0.155 e. The van der Waals surface area contributed by atoms with E-state index >= 15 is 0 Å². The zero-order chi connectivity index (χ0) is 23.5. The predicted molar refractivity (Wildman–Crippen MR) is 128 cm³/mol. The Morgan fingerprint density at radius 3 is 2.79 bits per heavy atom. The Kier molecular flexibility index (Phi) is 6.03. The Morgan fingerprint density at radius 1 is 1.06 bits per heavy atom. The summed E-state index contributed by atoms with van der Waals surface area (Å²) in [6, 6.07) is 15.5. The van der Waals surface area contributed by atoms with Crippen molar-refractivity contribution in [2.75, 3.05) is 7.11 Å². The molecule has 0 amide bonds. The molecule has 0 radical (unpaired) electrons. The molecule has 1 aromatic carbocycles. The Hall–Kier alpha value is -4.08. The van der Waals surface area contributed by atoms with Gasteiger partial charge in [-0.3, -0.25) is 4.98 Å². The monoisotopic (exact) mass is 455 g/mol. The Bertz CT molecular complexity index is 1440. The van der Waals surface area contributed by atoms with Gasteiger partial charge in [0.15, 0.2) is 5.65 Å². The highest BCUT2D eigenvalue weighted by Gasteiger charge is 2.16. The molecule has 3 N–H and O–H groups in total. The predicted octanol–water partition coefficient (Wildman–Crippen LogP) is 3.28. The number of aromatic amines is 1. The largest absolute Gasteiger partial charge is 0.497 e. The summed E-state index contributed by atoms with van der Waals surface area (Å²) in [7, 11) is 1.63. The molecule has 0 aliphatic heterocycles. The zero-order valence-electron chi connectivity index (χ0n) is 19.0. The Labute approximate surface area is 196 Å². The first-order chi connectivity index (χ1) is 16.6. The average Bonchev–Trinajstić information content (AvgIpc) is 3.50. The summed E-state index contributed by atoms with van der Waals surface area (Å²) in [6.45, 7) is 3.01. The fourth-order valence-electron chi connectivity index (χ4n) is 3.90. The minimum absolute atomic E-state index is 0.0279. The van der Waals surface area contributed by atoms with Crippen molar-refractivity contribution in [3.05, 3.63) is 83.7 Å². The molecule has 4 aromatic heterocycles. The van der Waals surface area contributed by atoms with Gasteiger partial charge < -0.3 is 20.1 Å². The van der Waals surface area contributed by atoms with Crippen LogP contribution in [0.5, 0.6) is 5.75 Å². The van der Waals surface area contributed by atoms with Gasteiger partial charge in [-0.05, 0) is 54.4 Å². The number of aromatic nitrogens is 6. The maximum absolute atomic E-state index is 9.67. The summed E-state index contributed by atoms with van der Waals surface area (Å²) in [5.41, 5.74) is 6.91. The number of ether oxygens (including phenoxy) is 1. The molecule has 172 valence electrons. The van der Waals surface area contributed by atoms with Crippen molar-refractivity contribution in [2.45, 2.75) is 26.6 Å². The van der Waals surface area contributed by atoms with Gasteiger partial charge >= 0.3 is 0 Å². The van der Waals surface area contributed by atoms with Crippen LogP contribution in [0.3, 0.4) is 0 Å². The fraction of sp³-hybridized carbons (Fsp3) is 0.200. The molecule has 0 aliphatic rings. The molecule has 0 bridgehead atoms. The number of imidazole rings is 1. The van der Waals surface area contributed by atoms with Crippen molar-refractivity contribution in [2.24, 2.45) is 0 Å². The number of hydrogen-bond acceptors (Lipinski definition) is 7. The lowest BCUT2D eigenvalue weighted by Crippen LogP contribution is -2.15. The number of methoxy groups -OCH3 is 1. The van der Waals surface area contributed by atoms with Gasteiger partial charge in [-0.1, -0.05) is 12.1 Å². The molecular formula is C25H25N7O2. The van der Waals surface area contributed by atoms with Crippen LogP contribution in [0, 0.1) is 6.92 Å². The van der Waals surface area contributed by atoms with Crippen molar-refractivity contribution >= 4 is 5.65 Å². The van der Waals surface area contributed by atoms with Crippen LogP contribution in [-0.4, -0.2) is 41.8 Å². The van der Waals surface area contributed by atoms with Crippen LogP contribution in [0.4, 0.5) is 0 Å². The van der Waals surface area contributed by atoms with Gasteiger partial charge in [-0.15, -0.1) is 0 Å². The van der Waals surface area contributed by atoms with Gasteiger partial charge in [-0.2, -0.15) is 5.10 Å². The molecule has 0 saturated heterocycles. The molecule has 9 heteroatoms. The Balaban J connectivity index is 1.45. The van der Waals surface area contributed by atoms with Gasteiger partial charge in [0.05, 0.1) is 37.3 Å². The number of nitrogens with zero attached hydrogens (tertiary/aromatic N) is 5. The molecule has 0 aliphatic carbocycles. The van der Waals surface area contributed by atoms with Crippen molar-refractivity contribution in [1.29, 1.82) is 0 Å². The number of aliphatic hydroxyl groups excluding tert-OH is 1. The van der Waals surface area contributed by atoms with Gasteiger partial charge in [0.25, 0.3) is 0 Å². The first kappa shape index (κ1) is 21.7. The van der Waals surface area contributed by atoms with Gasteiger partial charge in [-0.25, -0.2) is 14.5 Å². The third kappa shape index (κ3) is 4.39. The van der Waals surface area contributed by atoms with Crippen LogP contribution < -0.4 is 10.1 Å². The molecule has 0 atom stereocenters.